The molecule has 0 atom stereocenters. The molecule has 0 bridgehead atoms. The summed E-state index contributed by atoms with van der Waals surface area (Å²) in [5, 5.41) is 12.6. The van der Waals surface area contributed by atoms with Gasteiger partial charge in [0, 0.05) is 37.9 Å². The molecule has 1 aromatic carbocycles. The maximum Gasteiger partial charge on any atom is 0.252 e. The Balaban J connectivity index is 1.62. The molecule has 148 valence electrons. The molecule has 0 unspecified atom stereocenters. The van der Waals surface area contributed by atoms with Gasteiger partial charge in [-0.15, -0.1) is 0 Å². The van der Waals surface area contributed by atoms with Crippen LogP contribution in [-0.2, 0) is 20.5 Å². The third kappa shape index (κ3) is 3.51. The second-order valence-electron chi connectivity index (χ2n) is 7.19. The SMILES string of the molecule is Cc1nn(C)c(C)c1CCNC(=O)c1cc(-c2ccnn2C)nc2ccccc12. The number of rotatable bonds is 5. The molecule has 0 fully saturated rings. The fourth-order valence-electron chi connectivity index (χ4n) is 3.70. The lowest BCUT2D eigenvalue weighted by Gasteiger charge is -2.11. The van der Waals surface area contributed by atoms with Crippen LogP contribution in [0.25, 0.3) is 22.3 Å². The fourth-order valence-corrected chi connectivity index (χ4v) is 3.70. The van der Waals surface area contributed by atoms with E-state index in [4.69, 9.17) is 4.98 Å². The van der Waals surface area contributed by atoms with E-state index in [1.54, 1.807) is 10.9 Å². The van der Waals surface area contributed by atoms with Gasteiger partial charge < -0.3 is 5.32 Å². The molecule has 0 aliphatic heterocycles. The second kappa shape index (κ2) is 7.50. The summed E-state index contributed by atoms with van der Waals surface area (Å²) in [5.74, 6) is -0.105. The number of para-hydroxylation sites is 1. The van der Waals surface area contributed by atoms with Crippen molar-refractivity contribution in [1.82, 2.24) is 29.9 Å². The van der Waals surface area contributed by atoms with E-state index < -0.39 is 0 Å². The van der Waals surface area contributed by atoms with Crippen LogP contribution in [0.2, 0.25) is 0 Å². The van der Waals surface area contributed by atoms with Gasteiger partial charge in [-0.25, -0.2) is 4.98 Å². The molecule has 1 amide bonds. The first-order chi connectivity index (χ1) is 14.0. The van der Waals surface area contributed by atoms with Crippen molar-refractivity contribution in [2.24, 2.45) is 14.1 Å². The Labute approximate surface area is 169 Å². The summed E-state index contributed by atoms with van der Waals surface area (Å²) < 4.78 is 3.63. The zero-order chi connectivity index (χ0) is 20.5. The van der Waals surface area contributed by atoms with Crippen LogP contribution in [0.4, 0.5) is 0 Å². The minimum absolute atomic E-state index is 0.105. The first-order valence-electron chi connectivity index (χ1n) is 9.61. The number of hydrogen-bond donors (Lipinski definition) is 1. The minimum atomic E-state index is -0.105. The van der Waals surface area contributed by atoms with Crippen molar-refractivity contribution < 1.29 is 4.79 Å². The van der Waals surface area contributed by atoms with Gasteiger partial charge in [-0.2, -0.15) is 10.2 Å². The zero-order valence-corrected chi connectivity index (χ0v) is 17.1. The number of benzene rings is 1. The number of nitrogens with one attached hydrogen (secondary N) is 1. The van der Waals surface area contributed by atoms with Crippen LogP contribution in [0.15, 0.2) is 42.6 Å². The predicted molar refractivity (Wildman–Crippen MR) is 113 cm³/mol. The Morgan fingerprint density at radius 2 is 1.90 bits per heavy atom. The summed E-state index contributed by atoms with van der Waals surface area (Å²) >= 11 is 0. The van der Waals surface area contributed by atoms with Crippen LogP contribution in [0, 0.1) is 13.8 Å². The molecule has 3 aromatic heterocycles. The lowest BCUT2D eigenvalue weighted by molar-refractivity contribution is 0.0955. The predicted octanol–water partition coefficient (Wildman–Crippen LogP) is 2.96. The first-order valence-corrected chi connectivity index (χ1v) is 9.61. The van der Waals surface area contributed by atoms with Crippen molar-refractivity contribution in [3.8, 4) is 11.4 Å². The van der Waals surface area contributed by atoms with Gasteiger partial charge in [0.15, 0.2) is 0 Å². The van der Waals surface area contributed by atoms with Crippen molar-refractivity contribution in [2.45, 2.75) is 20.3 Å². The molecule has 0 aliphatic carbocycles. The van der Waals surface area contributed by atoms with Gasteiger partial charge in [0.05, 0.1) is 28.2 Å². The summed E-state index contributed by atoms with van der Waals surface area (Å²) in [4.78, 5) is 17.8. The van der Waals surface area contributed by atoms with E-state index in [0.29, 0.717) is 12.1 Å². The van der Waals surface area contributed by atoms with Gasteiger partial charge in [-0.1, -0.05) is 18.2 Å². The molecule has 7 nitrogen and oxygen atoms in total. The molecule has 0 saturated heterocycles. The molecule has 7 heteroatoms. The summed E-state index contributed by atoms with van der Waals surface area (Å²) in [6.07, 6.45) is 2.47. The average Bonchev–Trinajstić information content (AvgIpc) is 3.24. The molecule has 0 spiro atoms. The minimum Gasteiger partial charge on any atom is -0.352 e. The van der Waals surface area contributed by atoms with E-state index >= 15 is 0 Å². The molecule has 0 radical (unpaired) electrons. The van der Waals surface area contributed by atoms with Gasteiger partial charge in [-0.3, -0.25) is 14.2 Å². The molecular weight excluding hydrogens is 364 g/mol. The Morgan fingerprint density at radius 3 is 2.59 bits per heavy atom. The van der Waals surface area contributed by atoms with Crippen molar-refractivity contribution >= 4 is 16.8 Å². The van der Waals surface area contributed by atoms with E-state index in [1.165, 1.54) is 5.56 Å². The van der Waals surface area contributed by atoms with E-state index in [9.17, 15) is 4.79 Å². The van der Waals surface area contributed by atoms with E-state index in [-0.39, 0.29) is 5.91 Å². The monoisotopic (exact) mass is 388 g/mol. The lowest BCUT2D eigenvalue weighted by Crippen LogP contribution is -2.26. The van der Waals surface area contributed by atoms with Crippen LogP contribution >= 0.6 is 0 Å². The number of aromatic nitrogens is 5. The Hall–Kier alpha value is -3.48. The van der Waals surface area contributed by atoms with Crippen LogP contribution in [-0.4, -0.2) is 37.0 Å². The van der Waals surface area contributed by atoms with Gasteiger partial charge in [0.2, 0.25) is 0 Å². The number of aryl methyl sites for hydroxylation is 3. The second-order valence-corrected chi connectivity index (χ2v) is 7.19. The highest BCUT2D eigenvalue weighted by molar-refractivity contribution is 6.07. The standard InChI is InChI=1S/C22H24N6O/c1-14-16(15(2)27(3)26-14)9-11-23-22(29)18-13-20(21-10-12-24-28(21)4)25-19-8-6-5-7-17(18)19/h5-8,10,12-13H,9,11H2,1-4H3,(H,23,29). The third-order valence-corrected chi connectivity index (χ3v) is 5.36. The molecule has 1 N–H and O–H groups in total. The van der Waals surface area contributed by atoms with Crippen molar-refractivity contribution in [3.63, 3.8) is 0 Å². The number of amides is 1. The highest BCUT2D eigenvalue weighted by Crippen LogP contribution is 2.24. The Bertz CT molecular complexity index is 1200. The van der Waals surface area contributed by atoms with Crippen LogP contribution in [0.3, 0.4) is 0 Å². The van der Waals surface area contributed by atoms with Crippen LogP contribution in [0.1, 0.15) is 27.3 Å². The van der Waals surface area contributed by atoms with Crippen molar-refractivity contribution in [1.29, 1.82) is 0 Å². The maximum absolute atomic E-state index is 13.0. The molecular formula is C22H24N6O. The summed E-state index contributed by atoms with van der Waals surface area (Å²) in [6, 6.07) is 11.4. The third-order valence-electron chi connectivity index (χ3n) is 5.36. The molecule has 0 saturated carbocycles. The summed E-state index contributed by atoms with van der Waals surface area (Å²) in [5.41, 5.74) is 6.32. The maximum atomic E-state index is 13.0. The highest BCUT2D eigenvalue weighted by atomic mass is 16.1. The number of pyridine rings is 1. The fraction of sp³-hybridized carbons (Fsp3) is 0.273. The van der Waals surface area contributed by atoms with E-state index in [2.05, 4.69) is 15.5 Å². The van der Waals surface area contributed by atoms with E-state index in [0.717, 1.165) is 40.1 Å². The number of fused-ring (bicyclic) bond motifs is 1. The largest absolute Gasteiger partial charge is 0.352 e. The highest BCUT2D eigenvalue weighted by Gasteiger charge is 2.16. The van der Waals surface area contributed by atoms with Crippen LogP contribution in [0.5, 0.6) is 0 Å². The average molecular weight is 388 g/mol. The molecule has 4 aromatic rings. The Morgan fingerprint density at radius 1 is 1.10 bits per heavy atom. The number of carbonyl (C=O) groups excluding carboxylic acids is 1. The van der Waals surface area contributed by atoms with Crippen molar-refractivity contribution in [2.75, 3.05) is 6.54 Å². The summed E-state index contributed by atoms with van der Waals surface area (Å²) in [6.45, 7) is 4.60. The molecule has 29 heavy (non-hydrogen) atoms. The number of carbonyl (C=O) groups is 1. The van der Waals surface area contributed by atoms with Gasteiger partial charge in [-0.05, 0) is 44.0 Å². The first kappa shape index (κ1) is 18.9. The van der Waals surface area contributed by atoms with Crippen molar-refractivity contribution in [3.05, 3.63) is 65.1 Å². The topological polar surface area (TPSA) is 77.6 Å². The molecule has 4 rings (SSSR count). The van der Waals surface area contributed by atoms with Crippen LogP contribution < -0.4 is 5.32 Å². The van der Waals surface area contributed by atoms with E-state index in [1.807, 2.05) is 69.0 Å². The van der Waals surface area contributed by atoms with Gasteiger partial charge >= 0.3 is 0 Å². The van der Waals surface area contributed by atoms with Gasteiger partial charge in [0.25, 0.3) is 5.91 Å². The molecule has 3 heterocycles. The molecule has 0 aliphatic rings. The quantitative estimate of drug-likeness (QED) is 0.570. The zero-order valence-electron chi connectivity index (χ0n) is 17.1. The lowest BCUT2D eigenvalue weighted by atomic mass is 10.1. The smallest absolute Gasteiger partial charge is 0.252 e. The number of nitrogens with zero attached hydrogens (tertiary/aromatic N) is 5. The Kier molecular flexibility index (Phi) is 4.88. The number of hydrogen-bond acceptors (Lipinski definition) is 4. The van der Waals surface area contributed by atoms with Gasteiger partial charge in [0.1, 0.15) is 0 Å². The normalized spacial score (nSPS) is 11.2. The summed E-state index contributed by atoms with van der Waals surface area (Å²) in [7, 11) is 3.80.